The number of pyridine rings is 2. The van der Waals surface area contributed by atoms with Crippen molar-refractivity contribution in [3.8, 4) is 45.5 Å². The molecule has 2 aliphatic heterocycles. The first-order chi connectivity index (χ1) is 20.7. The number of hydrogen-bond donors (Lipinski definition) is 0. The van der Waals surface area contributed by atoms with Crippen molar-refractivity contribution < 1.29 is 29.6 Å². The van der Waals surface area contributed by atoms with E-state index >= 15 is 0 Å². The molecule has 211 valence electrons. The number of ether oxygens (including phenoxy) is 2. The van der Waals surface area contributed by atoms with Crippen molar-refractivity contribution in [3.05, 3.63) is 139 Å². The van der Waals surface area contributed by atoms with Crippen molar-refractivity contribution >= 4 is 23.1 Å². The molecule has 2 aliphatic rings. The molecule has 2 aromatic heterocycles. The van der Waals surface area contributed by atoms with Crippen LogP contribution in [0.3, 0.4) is 0 Å². The SMILES string of the molecule is CC(C)c1ccnc(-c2[c-]ccc3c2Oc2cccc4c2B3c2ccccc2O4)c1.[Ir].[c-]1ccccc1-c1ccccn1. The van der Waals surface area contributed by atoms with Gasteiger partial charge in [-0.05, 0) is 53.1 Å². The van der Waals surface area contributed by atoms with Crippen LogP contribution >= 0.6 is 0 Å². The molecule has 4 nitrogen and oxygen atoms in total. The number of nitrogens with zero attached hydrogens (tertiary/aromatic N) is 2. The minimum Gasteiger partial charge on any atom is -0.503 e. The van der Waals surface area contributed by atoms with Crippen LogP contribution in [0.15, 0.2) is 122 Å². The number of benzene rings is 4. The van der Waals surface area contributed by atoms with Crippen molar-refractivity contribution in [1.29, 1.82) is 0 Å². The molecular formula is C37H27BIrN2O2-2. The van der Waals surface area contributed by atoms with E-state index in [0.29, 0.717) is 5.92 Å². The predicted molar refractivity (Wildman–Crippen MR) is 169 cm³/mol. The smallest absolute Gasteiger partial charge is 0.241 e. The quantitative estimate of drug-likeness (QED) is 0.146. The van der Waals surface area contributed by atoms with Crippen molar-refractivity contribution in [3.63, 3.8) is 0 Å². The molecule has 0 saturated carbocycles. The summed E-state index contributed by atoms with van der Waals surface area (Å²) in [6.07, 6.45) is 3.66. The van der Waals surface area contributed by atoms with Gasteiger partial charge in [-0.2, -0.15) is 0 Å². The van der Waals surface area contributed by atoms with Gasteiger partial charge in [-0.15, -0.1) is 59.6 Å². The summed E-state index contributed by atoms with van der Waals surface area (Å²) in [4.78, 5) is 8.86. The first-order valence-corrected chi connectivity index (χ1v) is 14.1. The molecule has 43 heavy (non-hydrogen) atoms. The maximum Gasteiger partial charge on any atom is 0.241 e. The second-order valence-electron chi connectivity index (χ2n) is 10.6. The standard InChI is InChI=1S/C26H19BNO2.C11H8N.Ir/c1-16(2)17-13-14-28-21(15-17)18-7-5-9-20-26(18)30-24-12-6-11-23-25(24)27(20)19-8-3-4-10-22(19)29-23;1-2-6-10(7-3-1)11-8-4-5-9-12-11;/h3-6,8-16H,1-2H3;1-6,8-9H;/q2*-1;. The Bertz CT molecular complexity index is 1840. The number of rotatable bonds is 3. The van der Waals surface area contributed by atoms with Crippen LogP contribution in [-0.4, -0.2) is 16.7 Å². The van der Waals surface area contributed by atoms with Crippen molar-refractivity contribution in [2.75, 3.05) is 0 Å². The third kappa shape index (κ3) is 5.52. The number of para-hydroxylation sites is 1. The Morgan fingerprint density at radius 3 is 2.21 bits per heavy atom. The van der Waals surface area contributed by atoms with Crippen LogP contribution < -0.4 is 25.9 Å². The molecular weight excluding hydrogens is 707 g/mol. The Morgan fingerprint density at radius 2 is 1.42 bits per heavy atom. The molecule has 0 N–H and O–H groups in total. The van der Waals surface area contributed by atoms with Crippen LogP contribution in [0.25, 0.3) is 22.5 Å². The van der Waals surface area contributed by atoms with E-state index in [9.17, 15) is 0 Å². The van der Waals surface area contributed by atoms with Crippen LogP contribution in [-0.2, 0) is 20.1 Å². The summed E-state index contributed by atoms with van der Waals surface area (Å²) in [6, 6.07) is 42.8. The fraction of sp³-hybridized carbons (Fsp3) is 0.0811. The zero-order chi connectivity index (χ0) is 28.5. The molecule has 0 spiro atoms. The summed E-state index contributed by atoms with van der Waals surface area (Å²) in [5, 5.41) is 0. The van der Waals surface area contributed by atoms with E-state index in [1.807, 2.05) is 85.1 Å². The molecule has 0 amide bonds. The molecule has 4 aromatic carbocycles. The second-order valence-corrected chi connectivity index (χ2v) is 10.6. The van der Waals surface area contributed by atoms with Gasteiger partial charge < -0.3 is 19.4 Å². The van der Waals surface area contributed by atoms with E-state index < -0.39 is 0 Å². The van der Waals surface area contributed by atoms with Gasteiger partial charge in [-0.3, -0.25) is 0 Å². The molecule has 0 fully saturated rings. The number of hydrogen-bond acceptors (Lipinski definition) is 4. The van der Waals surface area contributed by atoms with Crippen molar-refractivity contribution in [2.24, 2.45) is 0 Å². The normalized spacial score (nSPS) is 11.8. The fourth-order valence-corrected chi connectivity index (χ4v) is 5.55. The van der Waals surface area contributed by atoms with Crippen molar-refractivity contribution in [2.45, 2.75) is 19.8 Å². The van der Waals surface area contributed by atoms with Crippen LogP contribution in [0, 0.1) is 12.1 Å². The molecule has 0 saturated heterocycles. The third-order valence-corrected chi connectivity index (χ3v) is 7.62. The number of fused-ring (bicyclic) bond motifs is 4. The van der Waals surface area contributed by atoms with E-state index in [0.717, 1.165) is 61.9 Å². The minimum atomic E-state index is 0. The average molecular weight is 735 g/mol. The molecule has 6 heteroatoms. The van der Waals surface area contributed by atoms with Gasteiger partial charge in [0.25, 0.3) is 0 Å². The fourth-order valence-electron chi connectivity index (χ4n) is 5.55. The maximum absolute atomic E-state index is 6.47. The van der Waals surface area contributed by atoms with E-state index in [1.54, 1.807) is 6.20 Å². The van der Waals surface area contributed by atoms with Crippen LogP contribution in [0.1, 0.15) is 25.3 Å². The largest absolute Gasteiger partial charge is 0.503 e. The summed E-state index contributed by atoms with van der Waals surface area (Å²) >= 11 is 0. The van der Waals surface area contributed by atoms with Crippen LogP contribution in [0.5, 0.6) is 23.0 Å². The van der Waals surface area contributed by atoms with Gasteiger partial charge >= 0.3 is 0 Å². The summed E-state index contributed by atoms with van der Waals surface area (Å²) in [6.45, 7) is 4.44. The molecule has 1 radical (unpaired) electrons. The molecule has 0 unspecified atom stereocenters. The van der Waals surface area contributed by atoms with Gasteiger partial charge in [0.2, 0.25) is 6.71 Å². The molecule has 6 aromatic rings. The Morgan fingerprint density at radius 1 is 0.651 bits per heavy atom. The Balaban J connectivity index is 0.000000213. The molecule has 4 heterocycles. The third-order valence-electron chi connectivity index (χ3n) is 7.62. The van der Waals surface area contributed by atoms with Crippen LogP contribution in [0.4, 0.5) is 0 Å². The average Bonchev–Trinajstić information content (AvgIpc) is 3.05. The molecule has 0 atom stereocenters. The summed E-state index contributed by atoms with van der Waals surface area (Å²) < 4.78 is 12.7. The number of aromatic nitrogens is 2. The Hall–Kier alpha value is -4.51. The topological polar surface area (TPSA) is 44.2 Å². The van der Waals surface area contributed by atoms with E-state index in [1.165, 1.54) is 5.56 Å². The summed E-state index contributed by atoms with van der Waals surface area (Å²) in [5.41, 5.74) is 8.41. The Kier molecular flexibility index (Phi) is 8.24. The van der Waals surface area contributed by atoms with Crippen LogP contribution in [0.2, 0.25) is 0 Å². The van der Waals surface area contributed by atoms with E-state index in [2.05, 4.69) is 66.3 Å². The second kappa shape index (κ2) is 12.4. The maximum atomic E-state index is 6.47. The van der Waals surface area contributed by atoms with Gasteiger partial charge in [-0.1, -0.05) is 67.4 Å². The van der Waals surface area contributed by atoms with E-state index in [4.69, 9.17) is 9.47 Å². The molecule has 0 bridgehead atoms. The monoisotopic (exact) mass is 735 g/mol. The van der Waals surface area contributed by atoms with E-state index in [-0.39, 0.29) is 26.8 Å². The Labute approximate surface area is 266 Å². The van der Waals surface area contributed by atoms with Gasteiger partial charge in [0.15, 0.2) is 0 Å². The minimum absolute atomic E-state index is 0. The van der Waals surface area contributed by atoms with Gasteiger partial charge in [0.1, 0.15) is 17.2 Å². The van der Waals surface area contributed by atoms with Gasteiger partial charge in [-0.25, -0.2) is 0 Å². The first kappa shape index (κ1) is 28.6. The zero-order valence-corrected chi connectivity index (χ0v) is 26.1. The molecule has 0 aliphatic carbocycles. The first-order valence-electron chi connectivity index (χ1n) is 14.1. The predicted octanol–water partition coefficient (Wildman–Crippen LogP) is 6.95. The summed E-state index contributed by atoms with van der Waals surface area (Å²) in [5.74, 6) is 3.85. The van der Waals surface area contributed by atoms with Gasteiger partial charge in [0.05, 0.1) is 0 Å². The van der Waals surface area contributed by atoms with Crippen molar-refractivity contribution in [1.82, 2.24) is 9.97 Å². The zero-order valence-electron chi connectivity index (χ0n) is 23.7. The summed E-state index contributed by atoms with van der Waals surface area (Å²) in [7, 11) is 0. The van der Waals surface area contributed by atoms with Gasteiger partial charge in [0, 0.05) is 43.7 Å². The molecule has 8 rings (SSSR count).